The second-order valence-electron chi connectivity index (χ2n) is 3.47. The number of halogens is 1. The fourth-order valence-electron chi connectivity index (χ4n) is 1.34. The van der Waals surface area contributed by atoms with Crippen molar-refractivity contribution in [2.75, 3.05) is 20.7 Å². The highest BCUT2D eigenvalue weighted by atomic mass is 19.1. The van der Waals surface area contributed by atoms with Crippen LogP contribution in [-0.2, 0) is 6.42 Å². The van der Waals surface area contributed by atoms with E-state index in [2.05, 4.69) is 0 Å². The van der Waals surface area contributed by atoms with E-state index in [1.165, 1.54) is 24.1 Å². The van der Waals surface area contributed by atoms with E-state index >= 15 is 0 Å². The highest BCUT2D eigenvalue weighted by Gasteiger charge is 2.08. The lowest BCUT2D eigenvalue weighted by Crippen LogP contribution is -2.33. The van der Waals surface area contributed by atoms with Crippen LogP contribution >= 0.6 is 0 Å². The number of likely N-dealkylation sites (N-methyl/N-ethyl adjacent to an activating group) is 1. The third-order valence-corrected chi connectivity index (χ3v) is 2.34. The lowest BCUT2D eigenvalue weighted by atomic mass is 10.1. The summed E-state index contributed by atoms with van der Waals surface area (Å²) in [6, 6.07) is 3.79. The molecule has 1 rings (SSSR count). The van der Waals surface area contributed by atoms with Crippen molar-refractivity contribution < 1.29 is 13.9 Å². The van der Waals surface area contributed by atoms with E-state index in [0.29, 0.717) is 18.7 Å². The molecule has 1 aromatic carbocycles. The summed E-state index contributed by atoms with van der Waals surface area (Å²) in [5, 5.41) is 0. The van der Waals surface area contributed by atoms with E-state index in [9.17, 15) is 9.18 Å². The molecule has 0 saturated heterocycles. The van der Waals surface area contributed by atoms with Gasteiger partial charge in [-0.05, 0) is 30.2 Å². The van der Waals surface area contributed by atoms with Gasteiger partial charge in [0.05, 0.1) is 7.11 Å². The lowest BCUT2D eigenvalue weighted by Gasteiger charge is -2.15. The third-order valence-electron chi connectivity index (χ3n) is 2.34. The molecule has 0 unspecified atom stereocenters. The molecule has 0 fully saturated rings. The fourth-order valence-corrected chi connectivity index (χ4v) is 1.34. The number of primary amides is 1. The summed E-state index contributed by atoms with van der Waals surface area (Å²) in [6.07, 6.45) is 0.500. The second-order valence-corrected chi connectivity index (χ2v) is 3.47. The number of urea groups is 1. The molecule has 0 aromatic heterocycles. The van der Waals surface area contributed by atoms with Gasteiger partial charge in [0, 0.05) is 13.6 Å². The Morgan fingerprint density at radius 1 is 1.56 bits per heavy atom. The largest absolute Gasteiger partial charge is 0.496 e. The Labute approximate surface area is 93.8 Å². The second kappa shape index (κ2) is 5.34. The van der Waals surface area contributed by atoms with Crippen LogP contribution in [0.15, 0.2) is 18.2 Å². The molecule has 0 atom stereocenters. The molecule has 5 heteroatoms. The Kier molecular flexibility index (Phi) is 4.10. The molecular weight excluding hydrogens is 211 g/mol. The van der Waals surface area contributed by atoms with Gasteiger partial charge in [-0.25, -0.2) is 9.18 Å². The van der Waals surface area contributed by atoms with Gasteiger partial charge in [0.2, 0.25) is 0 Å². The van der Waals surface area contributed by atoms with Gasteiger partial charge in [0.25, 0.3) is 0 Å². The predicted octanol–water partition coefficient (Wildman–Crippen LogP) is 1.39. The quantitative estimate of drug-likeness (QED) is 0.843. The van der Waals surface area contributed by atoms with Crippen LogP contribution in [0.2, 0.25) is 0 Å². The maximum Gasteiger partial charge on any atom is 0.314 e. The Morgan fingerprint density at radius 2 is 2.25 bits per heavy atom. The summed E-state index contributed by atoms with van der Waals surface area (Å²) >= 11 is 0. The Balaban J connectivity index is 2.72. The number of amides is 2. The summed E-state index contributed by atoms with van der Waals surface area (Å²) in [7, 11) is 3.11. The van der Waals surface area contributed by atoms with Crippen LogP contribution in [0.4, 0.5) is 9.18 Å². The first kappa shape index (κ1) is 12.3. The first-order valence-electron chi connectivity index (χ1n) is 4.87. The van der Waals surface area contributed by atoms with Crippen LogP contribution in [0.25, 0.3) is 0 Å². The van der Waals surface area contributed by atoms with Gasteiger partial charge in [-0.1, -0.05) is 0 Å². The summed E-state index contributed by atoms with van der Waals surface area (Å²) in [5.74, 6) is 0.289. The smallest absolute Gasteiger partial charge is 0.314 e. The van der Waals surface area contributed by atoms with Crippen LogP contribution in [-0.4, -0.2) is 31.6 Å². The van der Waals surface area contributed by atoms with E-state index in [1.54, 1.807) is 13.1 Å². The number of benzene rings is 1. The normalized spacial score (nSPS) is 9.94. The van der Waals surface area contributed by atoms with Gasteiger partial charge in [-0.3, -0.25) is 0 Å². The number of hydrogen-bond donors (Lipinski definition) is 1. The topological polar surface area (TPSA) is 55.6 Å². The molecular formula is C11H15FN2O2. The molecule has 16 heavy (non-hydrogen) atoms. The first-order valence-corrected chi connectivity index (χ1v) is 4.87. The van der Waals surface area contributed by atoms with Crippen LogP contribution in [0.3, 0.4) is 0 Å². The zero-order valence-electron chi connectivity index (χ0n) is 9.37. The Morgan fingerprint density at radius 3 is 2.81 bits per heavy atom. The van der Waals surface area contributed by atoms with Crippen molar-refractivity contribution in [2.24, 2.45) is 5.73 Å². The zero-order chi connectivity index (χ0) is 12.1. The average Bonchev–Trinajstić information content (AvgIpc) is 2.25. The number of nitrogens with two attached hydrogens (primary N) is 1. The van der Waals surface area contributed by atoms with E-state index in [0.717, 1.165) is 5.56 Å². The Hall–Kier alpha value is -1.78. The fraction of sp³-hybridized carbons (Fsp3) is 0.364. The van der Waals surface area contributed by atoms with Gasteiger partial charge in [-0.2, -0.15) is 0 Å². The van der Waals surface area contributed by atoms with E-state index in [-0.39, 0.29) is 5.82 Å². The molecule has 0 aliphatic rings. The molecule has 2 amide bonds. The minimum atomic E-state index is -0.504. The predicted molar refractivity (Wildman–Crippen MR) is 58.9 cm³/mol. The number of ether oxygens (including phenoxy) is 1. The molecule has 0 aliphatic heterocycles. The molecule has 4 nitrogen and oxygen atoms in total. The highest BCUT2D eigenvalue weighted by Crippen LogP contribution is 2.19. The summed E-state index contributed by atoms with van der Waals surface area (Å²) < 4.78 is 18.1. The zero-order valence-corrected chi connectivity index (χ0v) is 9.37. The first-order chi connectivity index (χ1) is 7.54. The van der Waals surface area contributed by atoms with E-state index in [1.807, 2.05) is 0 Å². The number of carbonyl (C=O) groups is 1. The van der Waals surface area contributed by atoms with Crippen molar-refractivity contribution in [3.8, 4) is 5.75 Å². The number of methoxy groups -OCH3 is 1. The van der Waals surface area contributed by atoms with Crippen LogP contribution in [0.1, 0.15) is 5.56 Å². The van der Waals surface area contributed by atoms with Gasteiger partial charge < -0.3 is 15.4 Å². The van der Waals surface area contributed by atoms with E-state index < -0.39 is 6.03 Å². The van der Waals surface area contributed by atoms with Crippen molar-refractivity contribution in [1.82, 2.24) is 4.90 Å². The van der Waals surface area contributed by atoms with E-state index in [4.69, 9.17) is 10.5 Å². The standard InChI is InChI=1S/C11H15FN2O2/c1-14(11(13)15)6-5-8-7-9(12)3-4-10(8)16-2/h3-4,7H,5-6H2,1-2H3,(H2,13,15). The summed E-state index contributed by atoms with van der Waals surface area (Å²) in [4.78, 5) is 12.2. The van der Waals surface area contributed by atoms with Crippen LogP contribution in [0.5, 0.6) is 5.75 Å². The van der Waals surface area contributed by atoms with Gasteiger partial charge in [0.15, 0.2) is 0 Å². The summed E-state index contributed by atoms with van der Waals surface area (Å²) in [6.45, 7) is 0.426. The number of carbonyl (C=O) groups excluding carboxylic acids is 1. The number of nitrogens with zero attached hydrogens (tertiary/aromatic N) is 1. The molecule has 0 bridgehead atoms. The Bertz CT molecular complexity index is 382. The van der Waals surface area contributed by atoms with Crippen molar-refractivity contribution in [2.45, 2.75) is 6.42 Å². The van der Waals surface area contributed by atoms with Gasteiger partial charge in [-0.15, -0.1) is 0 Å². The lowest BCUT2D eigenvalue weighted by molar-refractivity contribution is 0.219. The molecule has 0 saturated carbocycles. The summed E-state index contributed by atoms with van der Waals surface area (Å²) in [5.41, 5.74) is 5.80. The van der Waals surface area contributed by atoms with Crippen molar-refractivity contribution in [3.05, 3.63) is 29.6 Å². The highest BCUT2D eigenvalue weighted by molar-refractivity contribution is 5.71. The SMILES string of the molecule is COc1ccc(F)cc1CCN(C)C(N)=O. The molecule has 0 radical (unpaired) electrons. The molecule has 0 heterocycles. The van der Waals surface area contributed by atoms with Gasteiger partial charge >= 0.3 is 6.03 Å². The number of rotatable bonds is 4. The van der Waals surface area contributed by atoms with Crippen molar-refractivity contribution in [1.29, 1.82) is 0 Å². The monoisotopic (exact) mass is 226 g/mol. The third kappa shape index (κ3) is 3.12. The van der Waals surface area contributed by atoms with Crippen molar-refractivity contribution >= 4 is 6.03 Å². The van der Waals surface area contributed by atoms with Crippen LogP contribution in [0, 0.1) is 5.82 Å². The minimum absolute atomic E-state index is 0.322. The number of hydrogen-bond acceptors (Lipinski definition) is 2. The van der Waals surface area contributed by atoms with Gasteiger partial charge in [0.1, 0.15) is 11.6 Å². The molecule has 1 aromatic rings. The maximum atomic E-state index is 13.0. The van der Waals surface area contributed by atoms with Crippen molar-refractivity contribution in [3.63, 3.8) is 0 Å². The molecule has 88 valence electrons. The molecule has 2 N–H and O–H groups in total. The minimum Gasteiger partial charge on any atom is -0.496 e. The molecule has 0 aliphatic carbocycles. The van der Waals surface area contributed by atoms with Crippen LogP contribution < -0.4 is 10.5 Å². The maximum absolute atomic E-state index is 13.0. The molecule has 0 spiro atoms. The average molecular weight is 226 g/mol.